The van der Waals surface area contributed by atoms with Gasteiger partial charge in [-0.25, -0.2) is 0 Å². The third kappa shape index (κ3) is 2.93. The smallest absolute Gasteiger partial charge is 0.301 e. The van der Waals surface area contributed by atoms with Gasteiger partial charge in [-0.3, -0.25) is 15.1 Å². The van der Waals surface area contributed by atoms with E-state index in [1.165, 1.54) is 0 Å². The molecule has 0 saturated carbocycles. The normalized spacial score (nSPS) is 17.4. The molecule has 26 heavy (non-hydrogen) atoms. The number of nitro benzene ring substituents is 1. The molecule has 1 atom stereocenters. The van der Waals surface area contributed by atoms with Crippen LogP contribution >= 0.6 is 0 Å². The third-order valence-corrected chi connectivity index (χ3v) is 4.57. The van der Waals surface area contributed by atoms with E-state index in [-0.39, 0.29) is 22.5 Å². The predicted octanol–water partition coefficient (Wildman–Crippen LogP) is 3.43. The van der Waals surface area contributed by atoms with E-state index in [0.29, 0.717) is 36.3 Å². The maximum Gasteiger partial charge on any atom is 0.301 e. The molecule has 0 spiro atoms. The number of nitro groups is 1. The zero-order valence-electron chi connectivity index (χ0n) is 13.9. The number of rotatable bonds is 3. The van der Waals surface area contributed by atoms with Crippen LogP contribution in [0.5, 0.6) is 5.75 Å². The van der Waals surface area contributed by atoms with Crippen LogP contribution < -0.4 is 4.90 Å². The van der Waals surface area contributed by atoms with Gasteiger partial charge in [-0.2, -0.15) is 0 Å². The first-order valence-electron chi connectivity index (χ1n) is 8.31. The molecule has 7 nitrogen and oxygen atoms in total. The molecule has 2 aromatic carbocycles. The summed E-state index contributed by atoms with van der Waals surface area (Å²) in [5, 5.41) is 22.0. The van der Waals surface area contributed by atoms with Crippen molar-refractivity contribution in [1.29, 1.82) is 0 Å². The van der Waals surface area contributed by atoms with Gasteiger partial charge in [-0.15, -0.1) is 0 Å². The fourth-order valence-corrected chi connectivity index (χ4v) is 3.37. The lowest BCUT2D eigenvalue weighted by atomic mass is 10.1. The van der Waals surface area contributed by atoms with Crippen molar-refractivity contribution in [2.45, 2.75) is 6.10 Å². The van der Waals surface area contributed by atoms with Crippen molar-refractivity contribution in [2.24, 2.45) is 0 Å². The lowest BCUT2D eigenvalue weighted by molar-refractivity contribution is -0.382. The van der Waals surface area contributed by atoms with Gasteiger partial charge in [0.2, 0.25) is 0 Å². The summed E-state index contributed by atoms with van der Waals surface area (Å²) in [7, 11) is 0. The number of anilines is 1. The van der Waals surface area contributed by atoms with Crippen LogP contribution in [-0.2, 0) is 4.74 Å². The zero-order chi connectivity index (χ0) is 18.1. The highest BCUT2D eigenvalue weighted by atomic mass is 16.6. The van der Waals surface area contributed by atoms with E-state index in [2.05, 4.69) is 4.98 Å². The van der Waals surface area contributed by atoms with Crippen LogP contribution in [0.1, 0.15) is 11.7 Å². The first kappa shape index (κ1) is 16.3. The number of fused-ring (bicyclic) bond motifs is 1. The van der Waals surface area contributed by atoms with Crippen LogP contribution in [0.15, 0.2) is 54.7 Å². The van der Waals surface area contributed by atoms with Gasteiger partial charge in [0, 0.05) is 19.3 Å². The fourth-order valence-electron chi connectivity index (χ4n) is 3.37. The molecule has 7 heteroatoms. The highest BCUT2D eigenvalue weighted by Gasteiger charge is 2.28. The number of hydrogen-bond acceptors (Lipinski definition) is 6. The maximum atomic E-state index is 11.8. The van der Waals surface area contributed by atoms with Gasteiger partial charge in [0.1, 0.15) is 17.5 Å². The van der Waals surface area contributed by atoms with Gasteiger partial charge in [0.25, 0.3) is 0 Å². The minimum absolute atomic E-state index is 0.0622. The Hall–Kier alpha value is -3.19. The standard InChI is InChI=1S/C19H17N3O4/c23-14-4-1-3-13(11-14)18-12-21(9-10-26-18)17-7-6-16-15(5-2-8-20-16)19(17)22(24)25/h1-8,11,18,23H,9-10,12H2. The van der Waals surface area contributed by atoms with Gasteiger partial charge < -0.3 is 14.7 Å². The van der Waals surface area contributed by atoms with Crippen molar-refractivity contribution in [3.8, 4) is 5.75 Å². The fraction of sp³-hybridized carbons (Fsp3) is 0.211. The van der Waals surface area contributed by atoms with Crippen LogP contribution in [0.25, 0.3) is 10.9 Å². The molecule has 1 N–H and O–H groups in total. The van der Waals surface area contributed by atoms with Crippen molar-refractivity contribution in [1.82, 2.24) is 4.98 Å². The number of aromatic nitrogens is 1. The zero-order valence-corrected chi connectivity index (χ0v) is 13.9. The summed E-state index contributed by atoms with van der Waals surface area (Å²) in [6.45, 7) is 1.47. The Labute approximate surface area is 149 Å². The summed E-state index contributed by atoms with van der Waals surface area (Å²) in [5.41, 5.74) is 2.07. The first-order valence-corrected chi connectivity index (χ1v) is 8.31. The first-order chi connectivity index (χ1) is 12.6. The Morgan fingerprint density at radius 1 is 1.23 bits per heavy atom. The Balaban J connectivity index is 1.73. The average Bonchev–Trinajstić information content (AvgIpc) is 2.67. The largest absolute Gasteiger partial charge is 0.508 e. The predicted molar refractivity (Wildman–Crippen MR) is 97.4 cm³/mol. The number of hydrogen-bond donors (Lipinski definition) is 1. The van der Waals surface area contributed by atoms with Crippen LogP contribution in [0.3, 0.4) is 0 Å². The number of pyridine rings is 1. The van der Waals surface area contributed by atoms with E-state index >= 15 is 0 Å². The van der Waals surface area contributed by atoms with Gasteiger partial charge in [0.05, 0.1) is 22.4 Å². The second-order valence-electron chi connectivity index (χ2n) is 6.16. The molecule has 132 valence electrons. The van der Waals surface area contributed by atoms with Gasteiger partial charge >= 0.3 is 5.69 Å². The van der Waals surface area contributed by atoms with Crippen LogP contribution in [0.4, 0.5) is 11.4 Å². The quantitative estimate of drug-likeness (QED) is 0.574. The molecule has 0 amide bonds. The van der Waals surface area contributed by atoms with Crippen molar-refractivity contribution >= 4 is 22.3 Å². The number of phenolic OH excluding ortho intramolecular Hbond substituents is 1. The molecule has 1 aliphatic heterocycles. The maximum absolute atomic E-state index is 11.8. The van der Waals surface area contributed by atoms with Crippen molar-refractivity contribution in [3.05, 3.63) is 70.4 Å². The number of morpholine rings is 1. The second-order valence-corrected chi connectivity index (χ2v) is 6.16. The van der Waals surface area contributed by atoms with Crippen molar-refractivity contribution < 1.29 is 14.8 Å². The minimum Gasteiger partial charge on any atom is -0.508 e. The summed E-state index contributed by atoms with van der Waals surface area (Å²) >= 11 is 0. The highest BCUT2D eigenvalue weighted by molar-refractivity contribution is 5.94. The summed E-state index contributed by atoms with van der Waals surface area (Å²) < 4.78 is 5.82. The van der Waals surface area contributed by atoms with E-state index in [0.717, 1.165) is 5.56 Å². The van der Waals surface area contributed by atoms with E-state index < -0.39 is 0 Å². The second kappa shape index (κ2) is 6.61. The Morgan fingerprint density at radius 2 is 2.12 bits per heavy atom. The lowest BCUT2D eigenvalue weighted by Gasteiger charge is -2.34. The molecule has 1 aliphatic rings. The molecule has 1 unspecified atom stereocenters. The summed E-state index contributed by atoms with van der Waals surface area (Å²) in [6, 6.07) is 13.9. The van der Waals surface area contributed by atoms with E-state index in [1.807, 2.05) is 11.0 Å². The SMILES string of the molecule is O=[N+]([O-])c1c(N2CCOC(c3cccc(O)c3)C2)ccc2ncccc12. The number of aromatic hydroxyl groups is 1. The molecule has 3 aromatic rings. The summed E-state index contributed by atoms with van der Waals surface area (Å²) in [6.07, 6.45) is 1.36. The Kier molecular flexibility index (Phi) is 4.14. The topological polar surface area (TPSA) is 88.7 Å². The van der Waals surface area contributed by atoms with E-state index in [9.17, 15) is 15.2 Å². The monoisotopic (exact) mass is 351 g/mol. The molecule has 0 aliphatic carbocycles. The Bertz CT molecular complexity index is 976. The van der Waals surface area contributed by atoms with Crippen molar-refractivity contribution in [3.63, 3.8) is 0 Å². The van der Waals surface area contributed by atoms with Gasteiger partial charge in [0.15, 0.2) is 0 Å². The number of benzene rings is 2. The molecular formula is C19H17N3O4. The van der Waals surface area contributed by atoms with Gasteiger partial charge in [-0.1, -0.05) is 12.1 Å². The van der Waals surface area contributed by atoms with Crippen LogP contribution in [-0.4, -0.2) is 34.7 Å². The molecule has 1 saturated heterocycles. The molecule has 0 bridgehead atoms. The third-order valence-electron chi connectivity index (χ3n) is 4.57. The molecule has 1 aromatic heterocycles. The van der Waals surface area contributed by atoms with E-state index in [1.54, 1.807) is 48.7 Å². The molecular weight excluding hydrogens is 334 g/mol. The molecule has 2 heterocycles. The van der Waals surface area contributed by atoms with E-state index in [4.69, 9.17) is 4.74 Å². The van der Waals surface area contributed by atoms with Crippen LogP contribution in [0, 0.1) is 10.1 Å². The Morgan fingerprint density at radius 3 is 2.92 bits per heavy atom. The molecule has 4 rings (SSSR count). The number of phenols is 1. The average molecular weight is 351 g/mol. The van der Waals surface area contributed by atoms with Crippen molar-refractivity contribution in [2.75, 3.05) is 24.6 Å². The molecule has 0 radical (unpaired) electrons. The lowest BCUT2D eigenvalue weighted by Crippen LogP contribution is -2.38. The van der Waals surface area contributed by atoms with Crippen LogP contribution in [0.2, 0.25) is 0 Å². The number of nitrogens with zero attached hydrogens (tertiary/aromatic N) is 3. The van der Waals surface area contributed by atoms with Gasteiger partial charge in [-0.05, 0) is 42.0 Å². The molecule has 1 fully saturated rings. The minimum atomic E-state index is -0.349. The summed E-state index contributed by atoms with van der Waals surface area (Å²) in [5.74, 6) is 0.172. The highest BCUT2D eigenvalue weighted by Crippen LogP contribution is 2.37. The summed E-state index contributed by atoms with van der Waals surface area (Å²) in [4.78, 5) is 17.6. The number of ether oxygens (including phenoxy) is 1.